The van der Waals surface area contributed by atoms with Gasteiger partial charge in [-0.05, 0) is 55.0 Å². The maximum absolute atomic E-state index is 12.0. The SMILES string of the molecule is CCOc1ccc(NC(=O)CCC(=O)NN=Cc2ccc(OCC(=O)OC)c(OC)c2)cc1. The summed E-state index contributed by atoms with van der Waals surface area (Å²) in [5.41, 5.74) is 3.62. The minimum atomic E-state index is -0.515. The topological polar surface area (TPSA) is 125 Å². The second-order valence-corrected chi connectivity index (χ2v) is 6.57. The van der Waals surface area contributed by atoms with Gasteiger partial charge in [-0.15, -0.1) is 0 Å². The molecule has 2 aromatic carbocycles. The number of carbonyl (C=O) groups is 3. The molecule has 0 aromatic heterocycles. The summed E-state index contributed by atoms with van der Waals surface area (Å²) >= 11 is 0. The number of benzene rings is 2. The van der Waals surface area contributed by atoms with Crippen LogP contribution in [0.15, 0.2) is 47.6 Å². The average molecular weight is 457 g/mol. The van der Waals surface area contributed by atoms with Crippen molar-refractivity contribution < 1.29 is 33.3 Å². The van der Waals surface area contributed by atoms with Gasteiger partial charge in [-0.3, -0.25) is 9.59 Å². The average Bonchev–Trinajstić information content (AvgIpc) is 2.83. The summed E-state index contributed by atoms with van der Waals surface area (Å²) in [7, 11) is 2.73. The number of hydrogen-bond donors (Lipinski definition) is 2. The second-order valence-electron chi connectivity index (χ2n) is 6.57. The van der Waals surface area contributed by atoms with Gasteiger partial charge in [-0.25, -0.2) is 10.2 Å². The Labute approximate surface area is 191 Å². The first-order chi connectivity index (χ1) is 15.9. The van der Waals surface area contributed by atoms with Crippen molar-refractivity contribution in [1.82, 2.24) is 5.43 Å². The van der Waals surface area contributed by atoms with E-state index in [1.165, 1.54) is 20.4 Å². The summed E-state index contributed by atoms with van der Waals surface area (Å²) in [4.78, 5) is 35.2. The molecule has 10 nitrogen and oxygen atoms in total. The van der Waals surface area contributed by atoms with Crippen LogP contribution < -0.4 is 25.0 Å². The summed E-state index contributed by atoms with van der Waals surface area (Å²) in [6.45, 7) is 2.21. The van der Waals surface area contributed by atoms with Crippen molar-refractivity contribution in [3.63, 3.8) is 0 Å². The quantitative estimate of drug-likeness (QED) is 0.285. The van der Waals surface area contributed by atoms with Crippen LogP contribution in [-0.4, -0.2) is 51.4 Å². The number of amides is 2. The zero-order chi connectivity index (χ0) is 24.1. The second kappa shape index (κ2) is 13.4. The van der Waals surface area contributed by atoms with Gasteiger partial charge < -0.3 is 24.3 Å². The zero-order valence-electron chi connectivity index (χ0n) is 18.8. The van der Waals surface area contributed by atoms with Crippen LogP contribution in [0.4, 0.5) is 5.69 Å². The maximum atomic E-state index is 12.0. The minimum Gasteiger partial charge on any atom is -0.494 e. The van der Waals surface area contributed by atoms with Gasteiger partial charge in [0.2, 0.25) is 11.8 Å². The minimum absolute atomic E-state index is 0.00855. The fraction of sp³-hybridized carbons (Fsp3) is 0.304. The van der Waals surface area contributed by atoms with Crippen molar-refractivity contribution in [3.05, 3.63) is 48.0 Å². The number of carbonyl (C=O) groups excluding carboxylic acids is 3. The standard InChI is InChI=1S/C23H27N3O7/c1-4-32-18-8-6-17(7-9-18)25-21(27)11-12-22(28)26-24-14-16-5-10-19(20(13-16)30-2)33-15-23(29)31-3/h5-10,13-14H,4,11-12,15H2,1-3H3,(H,25,27)(H,26,28). The first-order valence-electron chi connectivity index (χ1n) is 10.2. The normalized spacial score (nSPS) is 10.4. The Kier molecular flexibility index (Phi) is 10.2. The van der Waals surface area contributed by atoms with Crippen molar-refractivity contribution in [2.45, 2.75) is 19.8 Å². The van der Waals surface area contributed by atoms with Gasteiger partial charge in [0.05, 0.1) is 27.0 Å². The lowest BCUT2D eigenvalue weighted by molar-refractivity contribution is -0.143. The van der Waals surface area contributed by atoms with Gasteiger partial charge in [0.1, 0.15) is 5.75 Å². The van der Waals surface area contributed by atoms with E-state index < -0.39 is 11.9 Å². The number of hydrogen-bond acceptors (Lipinski definition) is 8. The van der Waals surface area contributed by atoms with Gasteiger partial charge >= 0.3 is 5.97 Å². The smallest absolute Gasteiger partial charge is 0.343 e. The highest BCUT2D eigenvalue weighted by Crippen LogP contribution is 2.27. The molecule has 176 valence electrons. The molecule has 0 radical (unpaired) electrons. The molecule has 2 amide bonds. The molecule has 0 aliphatic rings. The van der Waals surface area contributed by atoms with Crippen LogP contribution in [0.3, 0.4) is 0 Å². The molecule has 0 fully saturated rings. The molecule has 0 atom stereocenters. The number of nitrogens with zero attached hydrogens (tertiary/aromatic N) is 1. The molecule has 0 saturated carbocycles. The lowest BCUT2D eigenvalue weighted by Crippen LogP contribution is -2.20. The molecule has 2 N–H and O–H groups in total. The monoisotopic (exact) mass is 457 g/mol. The Hall–Kier alpha value is -4.08. The lowest BCUT2D eigenvalue weighted by atomic mass is 10.2. The molecule has 0 spiro atoms. The molecule has 0 bridgehead atoms. The number of hydrazone groups is 1. The highest BCUT2D eigenvalue weighted by Gasteiger charge is 2.09. The predicted octanol–water partition coefficient (Wildman–Crippen LogP) is 2.51. The number of esters is 1. The summed E-state index contributed by atoms with van der Waals surface area (Å²) < 4.78 is 20.4. The largest absolute Gasteiger partial charge is 0.494 e. The Bertz CT molecular complexity index is 975. The summed E-state index contributed by atoms with van der Waals surface area (Å²) in [6.07, 6.45) is 1.41. The highest BCUT2D eigenvalue weighted by molar-refractivity contribution is 5.93. The first kappa shape index (κ1) is 25.2. The lowest BCUT2D eigenvalue weighted by Gasteiger charge is -2.10. The number of methoxy groups -OCH3 is 2. The van der Waals surface area contributed by atoms with Crippen molar-refractivity contribution in [2.24, 2.45) is 5.10 Å². The van der Waals surface area contributed by atoms with Gasteiger partial charge in [-0.1, -0.05) is 0 Å². The zero-order valence-corrected chi connectivity index (χ0v) is 18.8. The van der Waals surface area contributed by atoms with Gasteiger partial charge in [0.25, 0.3) is 0 Å². The third-order valence-corrected chi connectivity index (χ3v) is 4.19. The molecular weight excluding hydrogens is 430 g/mol. The van der Waals surface area contributed by atoms with E-state index in [1.807, 2.05) is 6.92 Å². The molecule has 2 aromatic rings. The molecule has 0 aliphatic carbocycles. The van der Waals surface area contributed by atoms with E-state index in [2.05, 4.69) is 20.6 Å². The van der Waals surface area contributed by atoms with Gasteiger partial charge in [0, 0.05) is 18.5 Å². The van der Waals surface area contributed by atoms with Crippen LogP contribution in [0.5, 0.6) is 17.2 Å². The van der Waals surface area contributed by atoms with Crippen molar-refractivity contribution in [1.29, 1.82) is 0 Å². The van der Waals surface area contributed by atoms with Crippen LogP contribution in [0, 0.1) is 0 Å². The third-order valence-electron chi connectivity index (χ3n) is 4.19. The van der Waals surface area contributed by atoms with E-state index in [0.717, 1.165) is 0 Å². The fourth-order valence-corrected chi connectivity index (χ4v) is 2.57. The molecule has 0 saturated heterocycles. The molecule has 2 rings (SSSR count). The Morgan fingerprint density at radius 3 is 2.33 bits per heavy atom. The first-order valence-corrected chi connectivity index (χ1v) is 10.2. The van der Waals surface area contributed by atoms with Crippen molar-refractivity contribution >= 4 is 29.7 Å². The summed E-state index contributed by atoms with van der Waals surface area (Å²) in [6, 6.07) is 11.9. The van der Waals surface area contributed by atoms with Crippen molar-refractivity contribution in [3.8, 4) is 17.2 Å². The van der Waals surface area contributed by atoms with Crippen LogP contribution in [0.2, 0.25) is 0 Å². The van der Waals surface area contributed by atoms with E-state index >= 15 is 0 Å². The Morgan fingerprint density at radius 2 is 1.67 bits per heavy atom. The number of rotatable bonds is 12. The summed E-state index contributed by atoms with van der Waals surface area (Å²) in [5, 5.41) is 6.60. The van der Waals surface area contributed by atoms with Crippen LogP contribution in [0.25, 0.3) is 0 Å². The van der Waals surface area contributed by atoms with E-state index in [9.17, 15) is 14.4 Å². The van der Waals surface area contributed by atoms with Crippen LogP contribution in [0.1, 0.15) is 25.3 Å². The Morgan fingerprint density at radius 1 is 0.939 bits per heavy atom. The van der Waals surface area contributed by atoms with Crippen molar-refractivity contribution in [2.75, 3.05) is 32.8 Å². The molecule has 0 aliphatic heterocycles. The molecule has 33 heavy (non-hydrogen) atoms. The number of nitrogens with one attached hydrogen (secondary N) is 2. The van der Waals surface area contributed by atoms with E-state index in [0.29, 0.717) is 35.1 Å². The van der Waals surface area contributed by atoms with Crippen LogP contribution >= 0.6 is 0 Å². The predicted molar refractivity (Wildman–Crippen MR) is 122 cm³/mol. The van der Waals surface area contributed by atoms with E-state index in [1.54, 1.807) is 42.5 Å². The fourth-order valence-electron chi connectivity index (χ4n) is 2.57. The van der Waals surface area contributed by atoms with E-state index in [4.69, 9.17) is 14.2 Å². The number of ether oxygens (including phenoxy) is 4. The maximum Gasteiger partial charge on any atom is 0.343 e. The van der Waals surface area contributed by atoms with Gasteiger partial charge in [-0.2, -0.15) is 5.10 Å². The molecule has 10 heteroatoms. The molecule has 0 unspecified atom stereocenters. The third kappa shape index (κ3) is 8.90. The van der Waals surface area contributed by atoms with E-state index in [-0.39, 0.29) is 25.4 Å². The molecular formula is C23H27N3O7. The highest BCUT2D eigenvalue weighted by atomic mass is 16.6. The summed E-state index contributed by atoms with van der Waals surface area (Å²) in [5.74, 6) is 0.263. The Balaban J connectivity index is 1.78. The number of anilines is 1. The molecule has 0 heterocycles. The van der Waals surface area contributed by atoms with Gasteiger partial charge in [0.15, 0.2) is 18.1 Å². The van der Waals surface area contributed by atoms with Crippen LogP contribution in [-0.2, 0) is 19.1 Å².